The predicted molar refractivity (Wildman–Crippen MR) is 77.0 cm³/mol. The van der Waals surface area contributed by atoms with E-state index in [0.717, 1.165) is 4.88 Å². The molecule has 1 atom stereocenters. The molecule has 3 heterocycles. The van der Waals surface area contributed by atoms with Crippen molar-refractivity contribution in [2.24, 2.45) is 0 Å². The summed E-state index contributed by atoms with van der Waals surface area (Å²) in [6, 6.07) is 3.53. The lowest BCUT2D eigenvalue weighted by atomic mass is 10.0. The maximum absolute atomic E-state index is 12.3. The van der Waals surface area contributed by atoms with E-state index in [0.29, 0.717) is 17.2 Å². The molecule has 0 aliphatic carbocycles. The van der Waals surface area contributed by atoms with Crippen LogP contribution in [0.4, 0.5) is 5.95 Å². The third kappa shape index (κ3) is 2.32. The first-order valence-corrected chi connectivity index (χ1v) is 7.14. The Morgan fingerprint density at radius 3 is 3.05 bits per heavy atom. The number of ether oxygens (including phenoxy) is 2. The molecular weight excluding hydrogens is 292 g/mol. The van der Waals surface area contributed by atoms with Gasteiger partial charge in [-0.05, 0) is 11.4 Å². The number of carbonyl (C=O) groups excluding carboxylic acids is 1. The molecular formula is C13H14N4O3S. The van der Waals surface area contributed by atoms with Crippen LogP contribution in [0.25, 0.3) is 0 Å². The van der Waals surface area contributed by atoms with Crippen molar-refractivity contribution in [1.29, 1.82) is 0 Å². The van der Waals surface area contributed by atoms with Crippen molar-refractivity contribution in [1.82, 2.24) is 14.8 Å². The second-order valence-corrected chi connectivity index (χ2v) is 5.37. The van der Waals surface area contributed by atoms with Crippen LogP contribution in [0.15, 0.2) is 35.1 Å². The number of anilines is 1. The Bertz CT molecular complexity index is 677. The number of thiophene rings is 1. The molecule has 0 saturated heterocycles. The van der Waals surface area contributed by atoms with Crippen LogP contribution >= 0.6 is 11.3 Å². The van der Waals surface area contributed by atoms with Gasteiger partial charge in [0.2, 0.25) is 5.95 Å². The van der Waals surface area contributed by atoms with Gasteiger partial charge in [0, 0.05) is 12.0 Å². The first kappa shape index (κ1) is 13.8. The Labute approximate surface area is 125 Å². The van der Waals surface area contributed by atoms with Crippen LogP contribution in [0.1, 0.15) is 10.9 Å². The summed E-state index contributed by atoms with van der Waals surface area (Å²) in [6.45, 7) is 0.263. The molecule has 0 saturated carbocycles. The lowest BCUT2D eigenvalue weighted by Crippen LogP contribution is -2.31. The zero-order valence-electron chi connectivity index (χ0n) is 11.6. The third-order valence-electron chi connectivity index (χ3n) is 3.19. The number of aromatic nitrogens is 3. The zero-order chi connectivity index (χ0) is 14.8. The highest BCUT2D eigenvalue weighted by molar-refractivity contribution is 7.10. The zero-order valence-corrected chi connectivity index (χ0v) is 12.4. The largest absolute Gasteiger partial charge is 0.466 e. The lowest BCUT2D eigenvalue weighted by Gasteiger charge is -2.27. The lowest BCUT2D eigenvalue weighted by molar-refractivity contribution is -0.136. The molecule has 1 N–H and O–H groups in total. The molecule has 1 aliphatic rings. The van der Waals surface area contributed by atoms with E-state index >= 15 is 0 Å². The second kappa shape index (κ2) is 5.66. The fourth-order valence-corrected chi connectivity index (χ4v) is 3.15. The molecule has 0 aromatic carbocycles. The third-order valence-corrected chi connectivity index (χ3v) is 4.11. The van der Waals surface area contributed by atoms with Crippen LogP contribution in [-0.2, 0) is 14.3 Å². The minimum atomic E-state index is -0.408. The van der Waals surface area contributed by atoms with Crippen LogP contribution in [0, 0.1) is 0 Å². The summed E-state index contributed by atoms with van der Waals surface area (Å²) in [6.07, 6.45) is 1.45. The SMILES string of the molecule is COCC1=C(C(=O)OC)[C@H](c2cccs2)n2ncnc2N1. The number of hydrogen-bond acceptors (Lipinski definition) is 7. The molecule has 0 radical (unpaired) electrons. The van der Waals surface area contributed by atoms with Crippen LogP contribution < -0.4 is 5.32 Å². The number of rotatable bonds is 4. The smallest absolute Gasteiger partial charge is 0.338 e. The summed E-state index contributed by atoms with van der Waals surface area (Å²) in [5.74, 6) is 0.169. The summed E-state index contributed by atoms with van der Waals surface area (Å²) in [4.78, 5) is 17.4. The van der Waals surface area contributed by atoms with E-state index in [1.807, 2.05) is 17.5 Å². The normalized spacial score (nSPS) is 17.3. The van der Waals surface area contributed by atoms with Gasteiger partial charge in [0.15, 0.2) is 0 Å². The van der Waals surface area contributed by atoms with Gasteiger partial charge in [-0.15, -0.1) is 11.3 Å². The average Bonchev–Trinajstić information content (AvgIpc) is 3.16. The van der Waals surface area contributed by atoms with Gasteiger partial charge in [-0.3, -0.25) is 0 Å². The van der Waals surface area contributed by atoms with Crippen molar-refractivity contribution in [2.45, 2.75) is 6.04 Å². The first-order valence-electron chi connectivity index (χ1n) is 6.26. The topological polar surface area (TPSA) is 78.3 Å². The van der Waals surface area contributed by atoms with Crippen LogP contribution in [-0.4, -0.2) is 41.6 Å². The molecule has 0 amide bonds. The number of nitrogens with one attached hydrogen (secondary N) is 1. The highest BCUT2D eigenvalue weighted by atomic mass is 32.1. The van der Waals surface area contributed by atoms with Gasteiger partial charge >= 0.3 is 5.97 Å². The van der Waals surface area contributed by atoms with Gasteiger partial charge < -0.3 is 14.8 Å². The van der Waals surface area contributed by atoms with Gasteiger partial charge in [-0.25, -0.2) is 9.48 Å². The average molecular weight is 306 g/mol. The second-order valence-electron chi connectivity index (χ2n) is 4.39. The standard InChI is InChI=1S/C13H14N4O3S/c1-19-6-8-10(12(18)20-2)11(9-4-3-5-21-9)17-13(16-8)14-7-15-17/h3-5,7,11H,6H2,1-2H3,(H,14,15,16)/t11-/m0/s1. The van der Waals surface area contributed by atoms with E-state index < -0.39 is 5.97 Å². The van der Waals surface area contributed by atoms with E-state index in [-0.39, 0.29) is 12.6 Å². The quantitative estimate of drug-likeness (QED) is 0.861. The number of esters is 1. The van der Waals surface area contributed by atoms with Crippen molar-refractivity contribution in [3.8, 4) is 0 Å². The maximum Gasteiger partial charge on any atom is 0.338 e. The number of carbonyl (C=O) groups is 1. The van der Waals surface area contributed by atoms with Crippen molar-refractivity contribution in [2.75, 3.05) is 26.1 Å². The van der Waals surface area contributed by atoms with Gasteiger partial charge in [0.05, 0.1) is 25.0 Å². The van der Waals surface area contributed by atoms with Crippen molar-refractivity contribution in [3.05, 3.63) is 40.0 Å². The van der Waals surface area contributed by atoms with E-state index in [4.69, 9.17) is 9.47 Å². The Balaban J connectivity index is 2.17. The summed E-state index contributed by atoms with van der Waals surface area (Å²) in [5.41, 5.74) is 1.13. The summed E-state index contributed by atoms with van der Waals surface area (Å²) in [5, 5.41) is 9.26. The van der Waals surface area contributed by atoms with Crippen molar-refractivity contribution >= 4 is 23.3 Å². The highest BCUT2D eigenvalue weighted by Gasteiger charge is 2.35. The maximum atomic E-state index is 12.3. The first-order chi connectivity index (χ1) is 10.3. The summed E-state index contributed by atoms with van der Waals surface area (Å²) < 4.78 is 11.8. The molecule has 2 aromatic heterocycles. The molecule has 3 rings (SSSR count). The van der Waals surface area contributed by atoms with Gasteiger partial charge in [0.1, 0.15) is 12.4 Å². The Morgan fingerprint density at radius 1 is 1.52 bits per heavy atom. The molecule has 0 bridgehead atoms. The molecule has 2 aromatic rings. The minimum absolute atomic E-state index is 0.263. The Kier molecular flexibility index (Phi) is 3.72. The molecule has 8 heteroatoms. The molecule has 1 aliphatic heterocycles. The Morgan fingerprint density at radius 2 is 2.38 bits per heavy atom. The van der Waals surface area contributed by atoms with Crippen molar-refractivity contribution < 1.29 is 14.3 Å². The molecule has 0 fully saturated rings. The molecule has 21 heavy (non-hydrogen) atoms. The van der Waals surface area contributed by atoms with Crippen molar-refractivity contribution in [3.63, 3.8) is 0 Å². The fraction of sp³-hybridized carbons (Fsp3) is 0.308. The van der Waals surface area contributed by atoms with Crippen LogP contribution in [0.3, 0.4) is 0 Å². The Hall–Kier alpha value is -2.19. The number of methoxy groups -OCH3 is 2. The monoisotopic (exact) mass is 306 g/mol. The number of nitrogens with zero attached hydrogens (tertiary/aromatic N) is 3. The number of fused-ring (bicyclic) bond motifs is 1. The molecule has 7 nitrogen and oxygen atoms in total. The summed E-state index contributed by atoms with van der Waals surface area (Å²) in [7, 11) is 2.94. The van der Waals surface area contributed by atoms with Crippen LogP contribution in [0.2, 0.25) is 0 Å². The van der Waals surface area contributed by atoms with E-state index in [9.17, 15) is 4.79 Å². The van der Waals surface area contributed by atoms with E-state index in [1.165, 1.54) is 13.4 Å². The van der Waals surface area contributed by atoms with Gasteiger partial charge in [-0.2, -0.15) is 10.1 Å². The van der Waals surface area contributed by atoms with Gasteiger partial charge in [-0.1, -0.05) is 6.07 Å². The molecule has 0 unspecified atom stereocenters. The van der Waals surface area contributed by atoms with E-state index in [1.54, 1.807) is 23.1 Å². The number of hydrogen-bond donors (Lipinski definition) is 1. The van der Waals surface area contributed by atoms with Crippen LogP contribution in [0.5, 0.6) is 0 Å². The predicted octanol–water partition coefficient (Wildman–Crippen LogP) is 1.43. The highest BCUT2D eigenvalue weighted by Crippen LogP contribution is 2.37. The van der Waals surface area contributed by atoms with E-state index in [2.05, 4.69) is 15.4 Å². The molecule has 110 valence electrons. The fourth-order valence-electron chi connectivity index (χ4n) is 2.33. The van der Waals surface area contributed by atoms with Gasteiger partial charge in [0.25, 0.3) is 0 Å². The molecule has 0 spiro atoms. The summed E-state index contributed by atoms with van der Waals surface area (Å²) >= 11 is 1.55. The minimum Gasteiger partial charge on any atom is -0.466 e.